The second kappa shape index (κ2) is 8.76. The summed E-state index contributed by atoms with van der Waals surface area (Å²) in [5, 5.41) is 6.34. The van der Waals surface area contributed by atoms with Crippen molar-refractivity contribution in [2.75, 3.05) is 11.9 Å². The van der Waals surface area contributed by atoms with Crippen LogP contribution in [0, 0.1) is 0 Å². The van der Waals surface area contributed by atoms with Gasteiger partial charge in [-0.25, -0.2) is 19.9 Å². The highest BCUT2D eigenvalue weighted by Crippen LogP contribution is 2.20. The van der Waals surface area contributed by atoms with Gasteiger partial charge in [-0.3, -0.25) is 14.3 Å². The van der Waals surface area contributed by atoms with E-state index in [-0.39, 0.29) is 11.4 Å². The van der Waals surface area contributed by atoms with Gasteiger partial charge in [0.05, 0.1) is 12.2 Å². The summed E-state index contributed by atoms with van der Waals surface area (Å²) in [6.45, 7) is 1.58. The molecule has 4 aromatic heterocycles. The Morgan fingerprint density at radius 1 is 1.06 bits per heavy atom. The zero-order chi connectivity index (χ0) is 21.8. The van der Waals surface area contributed by atoms with Crippen molar-refractivity contribution in [2.45, 2.75) is 13.1 Å². The van der Waals surface area contributed by atoms with Crippen LogP contribution in [-0.2, 0) is 13.1 Å². The van der Waals surface area contributed by atoms with Crippen LogP contribution in [0.25, 0.3) is 22.4 Å². The van der Waals surface area contributed by atoms with Crippen molar-refractivity contribution in [3.8, 4) is 11.3 Å². The van der Waals surface area contributed by atoms with Gasteiger partial charge in [0.2, 0.25) is 0 Å². The van der Waals surface area contributed by atoms with Gasteiger partial charge in [-0.05, 0) is 29.3 Å². The van der Waals surface area contributed by atoms with Gasteiger partial charge in [-0.15, -0.1) is 0 Å². The fourth-order valence-corrected chi connectivity index (χ4v) is 3.46. The molecule has 2 N–H and O–H groups in total. The van der Waals surface area contributed by atoms with Crippen LogP contribution in [-0.4, -0.2) is 36.0 Å². The Hall–Kier alpha value is -4.40. The van der Waals surface area contributed by atoms with Crippen LogP contribution in [0.1, 0.15) is 5.56 Å². The predicted molar refractivity (Wildman–Crippen MR) is 122 cm³/mol. The van der Waals surface area contributed by atoms with Crippen LogP contribution in [0.15, 0.2) is 84.1 Å². The topological polar surface area (TPSA) is 111 Å². The molecule has 4 aromatic rings. The molecule has 158 valence electrons. The third kappa shape index (κ3) is 4.08. The molecule has 5 rings (SSSR count). The van der Waals surface area contributed by atoms with Crippen LogP contribution >= 0.6 is 0 Å². The first-order valence-corrected chi connectivity index (χ1v) is 10.2. The van der Waals surface area contributed by atoms with Crippen molar-refractivity contribution in [1.82, 2.24) is 34.8 Å². The first-order valence-electron chi connectivity index (χ1n) is 10.2. The highest BCUT2D eigenvalue weighted by Gasteiger charge is 2.15. The lowest BCUT2D eigenvalue weighted by atomic mass is 10.2. The monoisotopic (exact) mass is 424 g/mol. The van der Waals surface area contributed by atoms with E-state index in [1.165, 1.54) is 6.33 Å². The third-order valence-corrected chi connectivity index (χ3v) is 5.03. The van der Waals surface area contributed by atoms with Gasteiger partial charge in [0.15, 0.2) is 11.5 Å². The molecule has 0 radical (unpaired) electrons. The molecule has 9 nitrogen and oxygen atoms in total. The molecule has 0 spiro atoms. The van der Waals surface area contributed by atoms with E-state index >= 15 is 0 Å². The van der Waals surface area contributed by atoms with Gasteiger partial charge in [-0.2, -0.15) is 0 Å². The number of fused-ring (bicyclic) bond motifs is 1. The van der Waals surface area contributed by atoms with Crippen molar-refractivity contribution >= 4 is 17.0 Å². The minimum atomic E-state index is -0.241. The van der Waals surface area contributed by atoms with Crippen LogP contribution < -0.4 is 16.2 Å². The number of dihydropyridines is 1. The summed E-state index contributed by atoms with van der Waals surface area (Å²) in [5.41, 5.74) is 4.26. The second-order valence-electron chi connectivity index (χ2n) is 7.26. The number of hydrogen-bond donors (Lipinski definition) is 2. The Morgan fingerprint density at radius 3 is 2.75 bits per heavy atom. The fourth-order valence-electron chi connectivity index (χ4n) is 3.46. The molecule has 0 aromatic carbocycles. The molecule has 0 saturated carbocycles. The Bertz CT molecular complexity index is 1360. The lowest BCUT2D eigenvalue weighted by Crippen LogP contribution is -2.27. The van der Waals surface area contributed by atoms with Crippen molar-refractivity contribution in [3.05, 3.63) is 95.2 Å². The molecule has 0 amide bonds. The van der Waals surface area contributed by atoms with E-state index in [2.05, 4.69) is 30.6 Å². The highest BCUT2D eigenvalue weighted by molar-refractivity contribution is 5.76. The normalized spacial score (nSPS) is 12.9. The Labute approximate surface area is 183 Å². The van der Waals surface area contributed by atoms with Crippen LogP contribution in [0.2, 0.25) is 0 Å². The average molecular weight is 424 g/mol. The van der Waals surface area contributed by atoms with Crippen molar-refractivity contribution in [3.63, 3.8) is 0 Å². The largest absolute Gasteiger partial charge is 0.387 e. The van der Waals surface area contributed by atoms with E-state index in [4.69, 9.17) is 4.98 Å². The SMILES string of the molecule is O=c1c(NCc2cccnc2)nc2ccc(-c3cncnc3)nc2n1CC1=CNCC=C1. The summed E-state index contributed by atoms with van der Waals surface area (Å²) in [4.78, 5) is 35.0. The Kier molecular flexibility index (Phi) is 5.36. The maximum Gasteiger partial charge on any atom is 0.295 e. The van der Waals surface area contributed by atoms with E-state index in [0.717, 1.165) is 23.2 Å². The number of nitrogens with zero attached hydrogens (tertiary/aromatic N) is 6. The molecule has 0 saturated heterocycles. The van der Waals surface area contributed by atoms with Gasteiger partial charge in [-0.1, -0.05) is 18.2 Å². The first-order chi connectivity index (χ1) is 15.8. The summed E-state index contributed by atoms with van der Waals surface area (Å²) in [6.07, 6.45) is 14.3. The number of allylic oxidation sites excluding steroid dienone is 2. The minimum absolute atomic E-state index is 0.241. The quantitative estimate of drug-likeness (QED) is 0.485. The average Bonchev–Trinajstić information content (AvgIpc) is 2.86. The van der Waals surface area contributed by atoms with Crippen LogP contribution in [0.5, 0.6) is 0 Å². The van der Waals surface area contributed by atoms with Gasteiger partial charge < -0.3 is 10.6 Å². The molecule has 1 aliphatic rings. The predicted octanol–water partition coefficient (Wildman–Crippen LogP) is 2.30. The number of rotatable bonds is 6. The minimum Gasteiger partial charge on any atom is -0.387 e. The van der Waals surface area contributed by atoms with Crippen LogP contribution in [0.3, 0.4) is 0 Å². The molecular formula is C23H20N8O. The molecule has 0 bridgehead atoms. The molecule has 1 aliphatic heterocycles. The number of hydrogen-bond acceptors (Lipinski definition) is 8. The standard InChI is InChI=1S/C23H20N8O/c32-23-21(28-11-16-3-1-7-24-9-16)29-20-6-5-19(18-12-26-15-27-13-18)30-22(20)31(23)14-17-4-2-8-25-10-17/h1-7,9-10,12-13,15,25H,8,11,14H2,(H,28,29). The Balaban J connectivity index is 1.59. The van der Waals surface area contributed by atoms with Crippen molar-refractivity contribution < 1.29 is 0 Å². The number of aromatic nitrogens is 6. The molecule has 0 atom stereocenters. The number of anilines is 1. The zero-order valence-electron chi connectivity index (χ0n) is 17.1. The van der Waals surface area contributed by atoms with Crippen molar-refractivity contribution in [2.24, 2.45) is 0 Å². The molecule has 9 heteroatoms. The summed E-state index contributed by atoms with van der Waals surface area (Å²) >= 11 is 0. The van der Waals surface area contributed by atoms with Crippen molar-refractivity contribution in [1.29, 1.82) is 0 Å². The summed E-state index contributed by atoms with van der Waals surface area (Å²) < 4.78 is 1.64. The second-order valence-corrected chi connectivity index (χ2v) is 7.26. The molecule has 0 fully saturated rings. The van der Waals surface area contributed by atoms with Gasteiger partial charge >= 0.3 is 0 Å². The molecule has 5 heterocycles. The van der Waals surface area contributed by atoms with E-state index in [9.17, 15) is 4.79 Å². The number of pyridine rings is 2. The lowest BCUT2D eigenvalue weighted by molar-refractivity contribution is 0.761. The maximum atomic E-state index is 13.4. The third-order valence-electron chi connectivity index (χ3n) is 5.03. The van der Waals surface area contributed by atoms with Crippen LogP contribution in [0.4, 0.5) is 5.82 Å². The Morgan fingerprint density at radius 2 is 1.97 bits per heavy atom. The molecular weight excluding hydrogens is 404 g/mol. The van der Waals surface area contributed by atoms with E-state index < -0.39 is 0 Å². The van der Waals surface area contributed by atoms with Gasteiger partial charge in [0, 0.05) is 49.6 Å². The van der Waals surface area contributed by atoms with Gasteiger partial charge in [0.1, 0.15) is 11.8 Å². The van der Waals surface area contributed by atoms with E-state index in [1.54, 1.807) is 29.4 Å². The maximum absolute atomic E-state index is 13.4. The highest BCUT2D eigenvalue weighted by atomic mass is 16.1. The molecule has 32 heavy (non-hydrogen) atoms. The van der Waals surface area contributed by atoms with E-state index in [1.807, 2.05) is 42.6 Å². The molecule has 0 unspecified atom stereocenters. The number of nitrogens with one attached hydrogen (secondary N) is 2. The zero-order valence-corrected chi connectivity index (χ0v) is 17.1. The summed E-state index contributed by atoms with van der Waals surface area (Å²) in [6, 6.07) is 7.52. The first kappa shape index (κ1) is 19.6. The van der Waals surface area contributed by atoms with E-state index in [0.29, 0.717) is 29.9 Å². The van der Waals surface area contributed by atoms with Gasteiger partial charge in [0.25, 0.3) is 5.56 Å². The molecule has 0 aliphatic carbocycles. The summed E-state index contributed by atoms with van der Waals surface area (Å²) in [7, 11) is 0. The fraction of sp³-hybridized carbons (Fsp3) is 0.130. The lowest BCUT2D eigenvalue weighted by Gasteiger charge is -2.15. The smallest absolute Gasteiger partial charge is 0.295 e. The summed E-state index contributed by atoms with van der Waals surface area (Å²) in [5.74, 6) is 0.271.